The van der Waals surface area contributed by atoms with Crippen molar-refractivity contribution >= 4 is 11.9 Å². The van der Waals surface area contributed by atoms with Crippen molar-refractivity contribution in [1.29, 1.82) is 0 Å². The molecule has 1 aromatic rings. The molecule has 0 amide bonds. The lowest BCUT2D eigenvalue weighted by atomic mass is 10.1. The molecule has 1 aliphatic rings. The third-order valence-corrected chi connectivity index (χ3v) is 3.12. The Labute approximate surface area is 111 Å². The maximum atomic E-state index is 10.7. The first-order valence-electron chi connectivity index (χ1n) is 6.29. The fraction of sp³-hybridized carbons (Fsp3) is 0.429. The molecule has 1 aromatic carbocycles. The Morgan fingerprint density at radius 1 is 1.16 bits per heavy atom. The van der Waals surface area contributed by atoms with Crippen LogP contribution < -0.4 is 0 Å². The van der Waals surface area contributed by atoms with Crippen LogP contribution in [0.25, 0.3) is 0 Å². The normalized spacial score (nSPS) is 14.6. The monoisotopic (exact) mass is 263 g/mol. The summed E-state index contributed by atoms with van der Waals surface area (Å²) < 4.78 is 0. The van der Waals surface area contributed by atoms with Gasteiger partial charge in [0.15, 0.2) is 0 Å². The number of aliphatic carboxylic acids is 2. The van der Waals surface area contributed by atoms with Crippen LogP contribution in [0.4, 0.5) is 0 Å². The highest BCUT2D eigenvalue weighted by atomic mass is 16.4. The van der Waals surface area contributed by atoms with E-state index in [1.54, 1.807) is 0 Å². The van der Waals surface area contributed by atoms with E-state index >= 15 is 0 Å². The number of nitrogens with zero attached hydrogens (tertiary/aromatic N) is 1. The molecule has 0 atom stereocenters. The summed E-state index contributed by atoms with van der Waals surface area (Å²) in [5.74, 6) is -1.40. The zero-order chi connectivity index (χ0) is 13.8. The third kappa shape index (κ3) is 4.37. The summed E-state index contributed by atoms with van der Waals surface area (Å²) in [5.41, 5.74) is 2.23. The Balaban J connectivity index is 2.04. The predicted molar refractivity (Wildman–Crippen MR) is 69.0 cm³/mol. The fourth-order valence-corrected chi connectivity index (χ4v) is 2.17. The lowest BCUT2D eigenvalue weighted by Crippen LogP contribution is -2.33. The molecule has 2 N–H and O–H groups in total. The Hall–Kier alpha value is -1.88. The van der Waals surface area contributed by atoms with Gasteiger partial charge in [-0.25, -0.2) is 0 Å². The highest BCUT2D eigenvalue weighted by Crippen LogP contribution is 2.40. The van der Waals surface area contributed by atoms with Crippen LogP contribution >= 0.6 is 0 Å². The maximum Gasteiger partial charge on any atom is 0.317 e. The highest BCUT2D eigenvalue weighted by Gasteiger charge is 2.23. The minimum atomic E-state index is -1.01. The van der Waals surface area contributed by atoms with Crippen LogP contribution in [0.15, 0.2) is 24.3 Å². The number of carbonyl (C=O) groups is 2. The SMILES string of the molecule is O=C(O)CN(CC(=O)O)Cc1cccc(C2CC2)c1. The van der Waals surface area contributed by atoms with Gasteiger partial charge in [0.1, 0.15) is 0 Å². The van der Waals surface area contributed by atoms with E-state index in [4.69, 9.17) is 10.2 Å². The van der Waals surface area contributed by atoms with E-state index in [1.807, 2.05) is 18.2 Å². The van der Waals surface area contributed by atoms with Crippen LogP contribution in [0.1, 0.15) is 29.9 Å². The summed E-state index contributed by atoms with van der Waals surface area (Å²) in [7, 11) is 0. The van der Waals surface area contributed by atoms with Crippen molar-refractivity contribution in [1.82, 2.24) is 4.90 Å². The van der Waals surface area contributed by atoms with Gasteiger partial charge in [0.05, 0.1) is 13.1 Å². The Bertz CT molecular complexity index is 466. The molecule has 0 spiro atoms. The number of hydrogen-bond donors (Lipinski definition) is 2. The molecule has 102 valence electrons. The largest absolute Gasteiger partial charge is 0.480 e. The highest BCUT2D eigenvalue weighted by molar-refractivity contribution is 5.72. The lowest BCUT2D eigenvalue weighted by molar-refractivity contribution is -0.142. The number of carboxylic acids is 2. The molecule has 0 radical (unpaired) electrons. The third-order valence-electron chi connectivity index (χ3n) is 3.12. The first kappa shape index (κ1) is 13.5. The summed E-state index contributed by atoms with van der Waals surface area (Å²) in [6.07, 6.45) is 2.41. The van der Waals surface area contributed by atoms with Gasteiger partial charge in [0.2, 0.25) is 0 Å². The van der Waals surface area contributed by atoms with Crippen LogP contribution in [0.5, 0.6) is 0 Å². The number of benzene rings is 1. The summed E-state index contributed by atoms with van der Waals surface area (Å²) in [5, 5.41) is 17.6. The summed E-state index contributed by atoms with van der Waals surface area (Å²) in [6.45, 7) is -0.181. The van der Waals surface area contributed by atoms with Gasteiger partial charge in [-0.3, -0.25) is 14.5 Å². The van der Waals surface area contributed by atoms with Gasteiger partial charge in [0.25, 0.3) is 0 Å². The molecule has 0 aromatic heterocycles. The standard InChI is InChI=1S/C14H17NO4/c16-13(17)8-15(9-14(18)19)7-10-2-1-3-12(6-10)11-4-5-11/h1-3,6,11H,4-5,7-9H2,(H,16,17)(H,18,19). The van der Waals surface area contributed by atoms with E-state index in [0.717, 1.165) is 5.56 Å². The van der Waals surface area contributed by atoms with Crippen molar-refractivity contribution in [3.8, 4) is 0 Å². The van der Waals surface area contributed by atoms with Crippen molar-refractivity contribution in [2.45, 2.75) is 25.3 Å². The smallest absolute Gasteiger partial charge is 0.317 e. The average Bonchev–Trinajstić information content (AvgIpc) is 3.10. The predicted octanol–water partition coefficient (Wildman–Crippen LogP) is 1.54. The minimum Gasteiger partial charge on any atom is -0.480 e. The molecular weight excluding hydrogens is 246 g/mol. The number of rotatable bonds is 7. The molecule has 5 nitrogen and oxygen atoms in total. The molecule has 2 rings (SSSR count). The van der Waals surface area contributed by atoms with Gasteiger partial charge in [-0.15, -0.1) is 0 Å². The second-order valence-corrected chi connectivity index (χ2v) is 4.95. The zero-order valence-electron chi connectivity index (χ0n) is 10.6. The van der Waals surface area contributed by atoms with Gasteiger partial charge in [0, 0.05) is 6.54 Å². The van der Waals surface area contributed by atoms with Gasteiger partial charge in [-0.2, -0.15) is 0 Å². The molecule has 0 aliphatic heterocycles. The van der Waals surface area contributed by atoms with E-state index in [-0.39, 0.29) is 13.1 Å². The van der Waals surface area contributed by atoms with E-state index in [1.165, 1.54) is 23.3 Å². The van der Waals surface area contributed by atoms with Crippen LogP contribution in [0.2, 0.25) is 0 Å². The Morgan fingerprint density at radius 3 is 2.32 bits per heavy atom. The molecule has 0 bridgehead atoms. The van der Waals surface area contributed by atoms with Crippen LogP contribution in [-0.2, 0) is 16.1 Å². The minimum absolute atomic E-state index is 0.264. The topological polar surface area (TPSA) is 77.8 Å². The quantitative estimate of drug-likeness (QED) is 0.780. The molecule has 5 heteroatoms. The van der Waals surface area contributed by atoms with E-state index < -0.39 is 11.9 Å². The first-order chi connectivity index (χ1) is 9.04. The fourth-order valence-electron chi connectivity index (χ4n) is 2.17. The van der Waals surface area contributed by atoms with E-state index in [9.17, 15) is 9.59 Å². The molecule has 0 heterocycles. The van der Waals surface area contributed by atoms with Crippen molar-refractivity contribution < 1.29 is 19.8 Å². The lowest BCUT2D eigenvalue weighted by Gasteiger charge is -2.18. The summed E-state index contributed by atoms with van der Waals surface area (Å²) in [4.78, 5) is 22.9. The number of hydrogen-bond acceptors (Lipinski definition) is 3. The molecule has 0 unspecified atom stereocenters. The molecule has 1 aliphatic carbocycles. The van der Waals surface area contributed by atoms with Crippen LogP contribution in [0.3, 0.4) is 0 Å². The van der Waals surface area contributed by atoms with E-state index in [0.29, 0.717) is 12.5 Å². The van der Waals surface area contributed by atoms with Crippen LogP contribution in [-0.4, -0.2) is 40.1 Å². The van der Waals surface area contributed by atoms with Crippen molar-refractivity contribution in [2.75, 3.05) is 13.1 Å². The zero-order valence-corrected chi connectivity index (χ0v) is 10.6. The molecule has 1 saturated carbocycles. The van der Waals surface area contributed by atoms with Gasteiger partial charge in [-0.1, -0.05) is 24.3 Å². The van der Waals surface area contributed by atoms with Crippen molar-refractivity contribution in [3.05, 3.63) is 35.4 Å². The van der Waals surface area contributed by atoms with Gasteiger partial charge in [-0.05, 0) is 29.9 Å². The maximum absolute atomic E-state index is 10.7. The first-order valence-corrected chi connectivity index (χ1v) is 6.29. The second-order valence-electron chi connectivity index (χ2n) is 4.95. The van der Waals surface area contributed by atoms with Crippen LogP contribution in [0, 0.1) is 0 Å². The number of carboxylic acid groups (broad SMARTS) is 2. The molecule has 19 heavy (non-hydrogen) atoms. The second kappa shape index (κ2) is 5.84. The summed E-state index contributed by atoms with van der Waals surface area (Å²) in [6, 6.07) is 7.97. The Morgan fingerprint density at radius 2 is 1.79 bits per heavy atom. The van der Waals surface area contributed by atoms with Crippen molar-refractivity contribution in [3.63, 3.8) is 0 Å². The molecular formula is C14H17NO4. The van der Waals surface area contributed by atoms with Gasteiger partial charge >= 0.3 is 11.9 Å². The summed E-state index contributed by atoms with van der Waals surface area (Å²) >= 11 is 0. The van der Waals surface area contributed by atoms with Crippen molar-refractivity contribution in [2.24, 2.45) is 0 Å². The average molecular weight is 263 g/mol. The molecule has 1 fully saturated rings. The Kier molecular flexibility index (Phi) is 4.16. The molecule has 0 saturated heterocycles. The van der Waals surface area contributed by atoms with E-state index in [2.05, 4.69) is 6.07 Å². The van der Waals surface area contributed by atoms with Gasteiger partial charge < -0.3 is 10.2 Å².